The molecule has 0 saturated carbocycles. The summed E-state index contributed by atoms with van der Waals surface area (Å²) >= 11 is 17.0. The van der Waals surface area contributed by atoms with Gasteiger partial charge in [0.25, 0.3) is 15.7 Å². The minimum Gasteiger partial charge on any atom is -0.278 e. The Labute approximate surface area is 159 Å². The van der Waals surface area contributed by atoms with E-state index >= 15 is 0 Å². The third-order valence-electron chi connectivity index (χ3n) is 3.02. The highest BCUT2D eigenvalue weighted by Gasteiger charge is 2.35. The molecule has 0 heterocycles. The molecule has 0 aromatic heterocycles. The van der Waals surface area contributed by atoms with Crippen LogP contribution in [0.4, 0.5) is 24.5 Å². The zero-order valence-corrected chi connectivity index (χ0v) is 15.2. The Kier molecular flexibility index (Phi) is 5.62. The highest BCUT2D eigenvalue weighted by molar-refractivity contribution is 7.92. The molecule has 140 valence electrons. The molecule has 0 bridgehead atoms. The Balaban J connectivity index is 2.50. The van der Waals surface area contributed by atoms with Crippen LogP contribution in [0.5, 0.6) is 0 Å². The van der Waals surface area contributed by atoms with Gasteiger partial charge in [0.05, 0.1) is 31.2 Å². The molecule has 6 nitrogen and oxygen atoms in total. The Morgan fingerprint density at radius 1 is 1.00 bits per heavy atom. The summed E-state index contributed by atoms with van der Waals surface area (Å²) in [5.74, 6) is 0. The van der Waals surface area contributed by atoms with Gasteiger partial charge >= 0.3 is 6.18 Å². The van der Waals surface area contributed by atoms with Gasteiger partial charge in [-0.3, -0.25) is 14.8 Å². The predicted octanol–water partition coefficient (Wildman–Crippen LogP) is 5.37. The first kappa shape index (κ1) is 20.6. The molecule has 2 rings (SSSR count). The largest absolute Gasteiger partial charge is 0.417 e. The predicted molar refractivity (Wildman–Crippen MR) is 90.4 cm³/mol. The van der Waals surface area contributed by atoms with E-state index in [1.807, 2.05) is 4.72 Å². The summed E-state index contributed by atoms with van der Waals surface area (Å²) in [6.45, 7) is 0. The first-order valence-electron chi connectivity index (χ1n) is 6.36. The van der Waals surface area contributed by atoms with Gasteiger partial charge in [-0.05, 0) is 18.2 Å². The molecule has 2 aromatic carbocycles. The maximum atomic E-state index is 12.9. The van der Waals surface area contributed by atoms with E-state index in [0.717, 1.165) is 18.2 Å². The number of benzene rings is 2. The molecule has 0 aliphatic carbocycles. The molecule has 0 atom stereocenters. The second-order valence-electron chi connectivity index (χ2n) is 4.79. The summed E-state index contributed by atoms with van der Waals surface area (Å²) in [5.41, 5.74) is -2.07. The van der Waals surface area contributed by atoms with E-state index in [9.17, 15) is 31.7 Å². The molecule has 1 N–H and O–H groups in total. The minimum absolute atomic E-state index is 0.281. The molecule has 0 spiro atoms. The maximum Gasteiger partial charge on any atom is 0.417 e. The average Bonchev–Trinajstić information content (AvgIpc) is 2.47. The van der Waals surface area contributed by atoms with Crippen molar-refractivity contribution in [2.45, 2.75) is 11.1 Å². The first-order valence-corrected chi connectivity index (χ1v) is 8.97. The zero-order valence-electron chi connectivity index (χ0n) is 12.1. The van der Waals surface area contributed by atoms with Gasteiger partial charge < -0.3 is 0 Å². The average molecular weight is 450 g/mol. The molecule has 0 aliphatic rings. The Morgan fingerprint density at radius 2 is 1.62 bits per heavy atom. The standard InChI is InChI=1S/C13H6Cl3F3N2O4S/c14-8-5-10(16)12(4-7(8)13(17,18)19)26(24,25)20-11-2-1-6(21(22)23)3-9(11)15/h1-5,20H. The molecule has 2 aromatic rings. The van der Waals surface area contributed by atoms with Crippen LogP contribution >= 0.6 is 34.8 Å². The van der Waals surface area contributed by atoms with Crippen LogP contribution in [0.2, 0.25) is 15.1 Å². The van der Waals surface area contributed by atoms with Crippen molar-refractivity contribution in [3.8, 4) is 0 Å². The number of halogens is 6. The van der Waals surface area contributed by atoms with Crippen molar-refractivity contribution < 1.29 is 26.5 Å². The van der Waals surface area contributed by atoms with Crippen molar-refractivity contribution in [1.82, 2.24) is 0 Å². The molecule has 0 aliphatic heterocycles. The van der Waals surface area contributed by atoms with Crippen LogP contribution in [0.15, 0.2) is 35.2 Å². The number of nitro groups is 1. The highest BCUT2D eigenvalue weighted by Crippen LogP contribution is 2.39. The lowest BCUT2D eigenvalue weighted by atomic mass is 10.2. The molecular weight excluding hydrogens is 444 g/mol. The monoisotopic (exact) mass is 448 g/mol. The van der Waals surface area contributed by atoms with Gasteiger partial charge in [-0.1, -0.05) is 34.8 Å². The third-order valence-corrected chi connectivity index (χ3v) is 5.48. The number of nitrogens with zero attached hydrogens (tertiary/aromatic N) is 1. The van der Waals surface area contributed by atoms with Crippen LogP contribution in [0.25, 0.3) is 0 Å². The lowest BCUT2D eigenvalue weighted by molar-refractivity contribution is -0.384. The van der Waals surface area contributed by atoms with E-state index in [2.05, 4.69) is 0 Å². The molecule has 26 heavy (non-hydrogen) atoms. The fourth-order valence-electron chi connectivity index (χ4n) is 1.85. The smallest absolute Gasteiger partial charge is 0.278 e. The van der Waals surface area contributed by atoms with E-state index < -0.39 is 47.3 Å². The summed E-state index contributed by atoms with van der Waals surface area (Å²) < 4.78 is 65.5. The van der Waals surface area contributed by atoms with Gasteiger partial charge in [0.2, 0.25) is 0 Å². The Morgan fingerprint density at radius 3 is 2.12 bits per heavy atom. The summed E-state index contributed by atoms with van der Waals surface area (Å²) in [7, 11) is -4.59. The Bertz CT molecular complexity index is 997. The summed E-state index contributed by atoms with van der Waals surface area (Å²) in [4.78, 5) is 9.01. The SMILES string of the molecule is O=[N+]([O-])c1ccc(NS(=O)(=O)c2cc(C(F)(F)F)c(Cl)cc2Cl)c(Cl)c1. The van der Waals surface area contributed by atoms with E-state index in [-0.39, 0.29) is 16.8 Å². The van der Waals surface area contributed by atoms with Crippen molar-refractivity contribution >= 4 is 56.2 Å². The van der Waals surface area contributed by atoms with E-state index in [0.29, 0.717) is 6.07 Å². The van der Waals surface area contributed by atoms with E-state index in [1.54, 1.807) is 0 Å². The maximum absolute atomic E-state index is 12.9. The van der Waals surface area contributed by atoms with Gasteiger partial charge in [-0.25, -0.2) is 8.42 Å². The molecule has 0 saturated heterocycles. The van der Waals surface area contributed by atoms with Crippen LogP contribution in [0.1, 0.15) is 5.56 Å². The topological polar surface area (TPSA) is 89.3 Å². The number of hydrogen-bond donors (Lipinski definition) is 1. The van der Waals surface area contributed by atoms with Crippen LogP contribution in [0, 0.1) is 10.1 Å². The van der Waals surface area contributed by atoms with Crippen molar-refractivity contribution in [1.29, 1.82) is 0 Å². The fraction of sp³-hybridized carbons (Fsp3) is 0.0769. The summed E-state index contributed by atoms with van der Waals surface area (Å²) in [5, 5.41) is 9.00. The lowest BCUT2D eigenvalue weighted by Crippen LogP contribution is -2.16. The number of anilines is 1. The van der Waals surface area contributed by atoms with Crippen LogP contribution in [-0.4, -0.2) is 13.3 Å². The van der Waals surface area contributed by atoms with Gasteiger partial charge in [0.1, 0.15) is 4.90 Å². The summed E-state index contributed by atoms with van der Waals surface area (Å²) in [6.07, 6.45) is -4.91. The molecular formula is C13H6Cl3F3N2O4S. The third kappa shape index (κ3) is 4.32. The molecule has 0 radical (unpaired) electrons. The van der Waals surface area contributed by atoms with Gasteiger partial charge in [0, 0.05) is 12.1 Å². The molecule has 0 amide bonds. The van der Waals surface area contributed by atoms with Crippen LogP contribution < -0.4 is 4.72 Å². The van der Waals surface area contributed by atoms with Crippen molar-refractivity contribution in [2.75, 3.05) is 4.72 Å². The second kappa shape index (κ2) is 7.10. The molecule has 13 heteroatoms. The highest BCUT2D eigenvalue weighted by atomic mass is 35.5. The van der Waals surface area contributed by atoms with Crippen LogP contribution in [-0.2, 0) is 16.2 Å². The number of hydrogen-bond acceptors (Lipinski definition) is 4. The van der Waals surface area contributed by atoms with E-state index in [4.69, 9.17) is 34.8 Å². The van der Waals surface area contributed by atoms with Crippen molar-refractivity contribution in [3.63, 3.8) is 0 Å². The number of alkyl halides is 3. The normalized spacial score (nSPS) is 12.1. The molecule has 0 unspecified atom stereocenters. The van der Waals surface area contributed by atoms with Crippen molar-refractivity contribution in [3.05, 3.63) is 61.1 Å². The number of sulfonamides is 1. The van der Waals surface area contributed by atoms with Gasteiger partial charge in [0.15, 0.2) is 0 Å². The lowest BCUT2D eigenvalue weighted by Gasteiger charge is -2.14. The second-order valence-corrected chi connectivity index (χ2v) is 7.66. The minimum atomic E-state index is -4.91. The first-order chi connectivity index (χ1) is 11.8. The molecule has 0 fully saturated rings. The number of nitrogens with one attached hydrogen (secondary N) is 1. The van der Waals surface area contributed by atoms with E-state index in [1.165, 1.54) is 0 Å². The van der Waals surface area contributed by atoms with Gasteiger partial charge in [-0.15, -0.1) is 0 Å². The number of rotatable bonds is 4. The number of nitro benzene ring substituents is 1. The van der Waals surface area contributed by atoms with Crippen LogP contribution in [0.3, 0.4) is 0 Å². The zero-order chi connectivity index (χ0) is 19.9. The van der Waals surface area contributed by atoms with Gasteiger partial charge in [-0.2, -0.15) is 13.2 Å². The fourth-order valence-corrected chi connectivity index (χ4v) is 4.09. The number of non-ortho nitro benzene ring substituents is 1. The Hall–Kier alpha value is -1.75. The summed E-state index contributed by atoms with van der Waals surface area (Å²) in [6, 6.07) is 3.77. The van der Waals surface area contributed by atoms with Crippen molar-refractivity contribution in [2.24, 2.45) is 0 Å². The quantitative estimate of drug-likeness (QED) is 0.502.